The van der Waals surface area contributed by atoms with Crippen molar-refractivity contribution in [3.63, 3.8) is 0 Å². The van der Waals surface area contributed by atoms with Crippen LogP contribution in [-0.4, -0.2) is 25.6 Å². The van der Waals surface area contributed by atoms with Crippen LogP contribution in [0.15, 0.2) is 10.7 Å². The van der Waals surface area contributed by atoms with Crippen LogP contribution >= 0.6 is 0 Å². The van der Waals surface area contributed by atoms with Gasteiger partial charge in [0.2, 0.25) is 11.7 Å². The van der Waals surface area contributed by atoms with E-state index >= 15 is 0 Å². The normalized spacial score (nSPS) is 13.3. The van der Waals surface area contributed by atoms with Crippen LogP contribution in [0.5, 0.6) is 0 Å². The highest BCUT2D eigenvalue weighted by atomic mass is 16.5. The smallest absolute Gasteiger partial charge is 0.244 e. The average Bonchev–Trinajstić information content (AvgIpc) is 2.86. The molecule has 3 N–H and O–H groups in total. The molecule has 7 heteroatoms. The molecule has 0 amide bonds. The number of hydrogen-bond acceptors (Lipinski definition) is 6. The molecule has 2 heterocycles. The van der Waals surface area contributed by atoms with Gasteiger partial charge in [-0.1, -0.05) is 19.0 Å². The number of hydrogen-bond donors (Lipinski definition) is 2. The highest BCUT2D eigenvalue weighted by Crippen LogP contribution is 2.19. The van der Waals surface area contributed by atoms with E-state index < -0.39 is 0 Å². The first-order chi connectivity index (χ1) is 7.18. The van der Waals surface area contributed by atoms with Gasteiger partial charge in [0.05, 0.1) is 12.2 Å². The maximum atomic E-state index is 5.86. The van der Waals surface area contributed by atoms with Crippen molar-refractivity contribution in [2.75, 3.05) is 0 Å². The molecular weight excluding hydrogens is 196 g/mol. The van der Waals surface area contributed by atoms with Gasteiger partial charge in [-0.25, -0.2) is 0 Å². The fourth-order valence-corrected chi connectivity index (χ4v) is 1.07. The summed E-state index contributed by atoms with van der Waals surface area (Å²) >= 11 is 0. The topological polar surface area (TPSA) is 107 Å². The second-order valence-electron chi connectivity index (χ2n) is 3.58. The second-order valence-corrected chi connectivity index (χ2v) is 3.58. The van der Waals surface area contributed by atoms with Gasteiger partial charge < -0.3 is 10.3 Å². The molecule has 1 atom stereocenters. The van der Waals surface area contributed by atoms with Gasteiger partial charge in [-0.05, 0) is 5.92 Å². The molecule has 0 unspecified atom stereocenters. The molecule has 0 aliphatic heterocycles. The molecular formula is C8H12N6O. The van der Waals surface area contributed by atoms with E-state index in [1.807, 2.05) is 13.8 Å². The fourth-order valence-electron chi connectivity index (χ4n) is 1.07. The van der Waals surface area contributed by atoms with Crippen molar-refractivity contribution in [2.24, 2.45) is 11.7 Å². The van der Waals surface area contributed by atoms with E-state index in [4.69, 9.17) is 10.3 Å². The zero-order chi connectivity index (χ0) is 10.8. The predicted octanol–water partition coefficient (Wildman–Crippen LogP) is 0.510. The Morgan fingerprint density at radius 2 is 2.27 bits per heavy atom. The second kappa shape index (κ2) is 3.77. The third kappa shape index (κ3) is 1.86. The monoisotopic (exact) mass is 208 g/mol. The molecule has 0 aliphatic rings. The summed E-state index contributed by atoms with van der Waals surface area (Å²) in [7, 11) is 0. The molecule has 2 aromatic heterocycles. The fraction of sp³-hybridized carbons (Fsp3) is 0.500. The summed E-state index contributed by atoms with van der Waals surface area (Å²) in [6.07, 6.45) is 1.52. The zero-order valence-electron chi connectivity index (χ0n) is 8.51. The molecule has 0 saturated heterocycles. The Kier molecular flexibility index (Phi) is 2.46. The van der Waals surface area contributed by atoms with E-state index in [0.717, 1.165) is 0 Å². The average molecular weight is 208 g/mol. The summed E-state index contributed by atoms with van der Waals surface area (Å²) in [4.78, 5) is 4.15. The Hall–Kier alpha value is -1.76. The Bertz CT molecular complexity index is 420. The quantitative estimate of drug-likeness (QED) is 0.761. The summed E-state index contributed by atoms with van der Waals surface area (Å²) < 4.78 is 5.04. The van der Waals surface area contributed by atoms with Gasteiger partial charge in [-0.3, -0.25) is 0 Å². The molecule has 15 heavy (non-hydrogen) atoms. The maximum absolute atomic E-state index is 5.86. The molecule has 2 rings (SSSR count). The van der Waals surface area contributed by atoms with Crippen molar-refractivity contribution in [3.05, 3.63) is 12.1 Å². The van der Waals surface area contributed by atoms with Crippen LogP contribution in [0.1, 0.15) is 25.8 Å². The lowest BCUT2D eigenvalue weighted by atomic mass is 10.1. The van der Waals surface area contributed by atoms with E-state index in [-0.39, 0.29) is 12.0 Å². The lowest BCUT2D eigenvalue weighted by molar-refractivity contribution is 0.325. The number of rotatable bonds is 3. The van der Waals surface area contributed by atoms with E-state index in [0.29, 0.717) is 17.4 Å². The van der Waals surface area contributed by atoms with E-state index in [9.17, 15) is 0 Å². The lowest BCUT2D eigenvalue weighted by Gasteiger charge is -2.08. The van der Waals surface area contributed by atoms with Crippen molar-refractivity contribution in [1.29, 1.82) is 0 Å². The van der Waals surface area contributed by atoms with Crippen LogP contribution in [0.25, 0.3) is 11.5 Å². The molecule has 7 nitrogen and oxygen atoms in total. The summed E-state index contributed by atoms with van der Waals surface area (Å²) in [6.45, 7) is 3.98. The van der Waals surface area contributed by atoms with Gasteiger partial charge >= 0.3 is 0 Å². The summed E-state index contributed by atoms with van der Waals surface area (Å²) in [6, 6.07) is -0.252. The van der Waals surface area contributed by atoms with Crippen LogP contribution < -0.4 is 5.73 Å². The molecule has 0 aliphatic carbocycles. The Morgan fingerprint density at radius 1 is 1.47 bits per heavy atom. The van der Waals surface area contributed by atoms with E-state index in [2.05, 4.69) is 25.6 Å². The van der Waals surface area contributed by atoms with Crippen LogP contribution in [-0.2, 0) is 0 Å². The van der Waals surface area contributed by atoms with E-state index in [1.165, 1.54) is 6.20 Å². The van der Waals surface area contributed by atoms with Crippen LogP contribution in [0.4, 0.5) is 0 Å². The third-order valence-corrected chi connectivity index (χ3v) is 2.09. The number of nitrogens with two attached hydrogens (primary N) is 1. The van der Waals surface area contributed by atoms with Gasteiger partial charge in [-0.2, -0.15) is 20.4 Å². The number of H-pyrrole nitrogens is 1. The van der Waals surface area contributed by atoms with Crippen molar-refractivity contribution in [2.45, 2.75) is 19.9 Å². The molecule has 0 aromatic carbocycles. The Labute approximate surface area is 86.1 Å². The minimum atomic E-state index is -0.252. The van der Waals surface area contributed by atoms with Crippen LogP contribution in [0.3, 0.4) is 0 Å². The van der Waals surface area contributed by atoms with Gasteiger partial charge in [0, 0.05) is 0 Å². The van der Waals surface area contributed by atoms with Crippen molar-refractivity contribution in [3.8, 4) is 11.5 Å². The lowest BCUT2D eigenvalue weighted by Crippen LogP contribution is -2.16. The van der Waals surface area contributed by atoms with Gasteiger partial charge in [0.25, 0.3) is 0 Å². The van der Waals surface area contributed by atoms with Crippen LogP contribution in [0, 0.1) is 5.92 Å². The molecule has 0 saturated carbocycles. The molecule has 2 aromatic rings. The largest absolute Gasteiger partial charge is 0.337 e. The first kappa shape index (κ1) is 9.78. The molecule has 80 valence electrons. The standard InChI is InChI=1S/C8H12N6O/c1-4(2)6(9)8-11-7(13-15-8)5-3-10-14-12-5/h3-4,6H,9H2,1-2H3,(H,10,12,14)/t6-/m0/s1. The molecule has 0 radical (unpaired) electrons. The first-order valence-electron chi connectivity index (χ1n) is 4.64. The predicted molar refractivity (Wildman–Crippen MR) is 51.4 cm³/mol. The minimum Gasteiger partial charge on any atom is -0.337 e. The van der Waals surface area contributed by atoms with Crippen molar-refractivity contribution >= 4 is 0 Å². The summed E-state index contributed by atoms with van der Waals surface area (Å²) in [5, 5.41) is 13.8. The molecule has 0 bridgehead atoms. The number of nitrogens with zero attached hydrogens (tertiary/aromatic N) is 4. The number of nitrogens with one attached hydrogen (secondary N) is 1. The van der Waals surface area contributed by atoms with Crippen molar-refractivity contribution in [1.82, 2.24) is 25.6 Å². The van der Waals surface area contributed by atoms with Gasteiger partial charge in [0.1, 0.15) is 0 Å². The first-order valence-corrected chi connectivity index (χ1v) is 4.64. The Balaban J connectivity index is 2.25. The third-order valence-electron chi connectivity index (χ3n) is 2.09. The maximum Gasteiger partial charge on any atom is 0.244 e. The Morgan fingerprint density at radius 3 is 2.87 bits per heavy atom. The highest BCUT2D eigenvalue weighted by molar-refractivity contribution is 5.44. The van der Waals surface area contributed by atoms with Crippen LogP contribution in [0.2, 0.25) is 0 Å². The van der Waals surface area contributed by atoms with Crippen molar-refractivity contribution < 1.29 is 4.52 Å². The number of aromatic amines is 1. The SMILES string of the molecule is CC(C)[C@H](N)c1nc(-c2cn[nH]n2)no1. The minimum absolute atomic E-state index is 0.246. The molecule has 0 spiro atoms. The summed E-state index contributed by atoms with van der Waals surface area (Å²) in [5.74, 6) is 1.06. The number of aromatic nitrogens is 5. The van der Waals surface area contributed by atoms with Gasteiger partial charge in [0.15, 0.2) is 5.69 Å². The summed E-state index contributed by atoms with van der Waals surface area (Å²) in [5.41, 5.74) is 6.41. The zero-order valence-corrected chi connectivity index (χ0v) is 8.51. The highest BCUT2D eigenvalue weighted by Gasteiger charge is 2.19. The van der Waals surface area contributed by atoms with E-state index in [1.54, 1.807) is 0 Å². The molecule has 0 fully saturated rings. The van der Waals surface area contributed by atoms with Gasteiger partial charge in [-0.15, -0.1) is 0 Å².